The maximum Gasteiger partial charge on any atom is 0.142 e. The summed E-state index contributed by atoms with van der Waals surface area (Å²) in [6.07, 6.45) is 0.912. The van der Waals surface area contributed by atoms with Gasteiger partial charge in [0.1, 0.15) is 11.6 Å². The summed E-state index contributed by atoms with van der Waals surface area (Å²) in [6, 6.07) is 12.1. The molecule has 4 heteroatoms. The van der Waals surface area contributed by atoms with Gasteiger partial charge in [0.15, 0.2) is 0 Å². The topological polar surface area (TPSA) is 35.2 Å². The van der Waals surface area contributed by atoms with E-state index in [4.69, 9.17) is 10.5 Å². The summed E-state index contributed by atoms with van der Waals surface area (Å²) in [5.41, 5.74) is 7.46. The van der Waals surface area contributed by atoms with Crippen molar-refractivity contribution in [1.82, 2.24) is 0 Å². The van der Waals surface area contributed by atoms with Crippen molar-refractivity contribution in [2.75, 3.05) is 6.61 Å². The minimum atomic E-state index is -0.555. The molecule has 0 aliphatic rings. The van der Waals surface area contributed by atoms with E-state index in [1.807, 2.05) is 31.2 Å². The first-order valence-corrected chi connectivity index (χ1v) is 7.35. The maximum atomic E-state index is 14.2. The SMILES string of the molecule is CCCOc1ccccc1C(N)c1cccc(Br)c1F. The summed E-state index contributed by atoms with van der Waals surface area (Å²) in [6.45, 7) is 2.65. The molecule has 2 aromatic rings. The van der Waals surface area contributed by atoms with E-state index in [9.17, 15) is 4.39 Å². The molecule has 0 aromatic heterocycles. The van der Waals surface area contributed by atoms with Crippen LogP contribution in [0.5, 0.6) is 5.75 Å². The van der Waals surface area contributed by atoms with Crippen molar-refractivity contribution in [2.45, 2.75) is 19.4 Å². The minimum absolute atomic E-state index is 0.328. The summed E-state index contributed by atoms with van der Waals surface area (Å²) in [7, 11) is 0. The normalized spacial score (nSPS) is 12.2. The molecule has 0 radical (unpaired) electrons. The van der Waals surface area contributed by atoms with E-state index in [1.165, 1.54) is 0 Å². The molecule has 0 amide bonds. The van der Waals surface area contributed by atoms with Gasteiger partial charge in [-0.25, -0.2) is 4.39 Å². The third-order valence-electron chi connectivity index (χ3n) is 3.03. The third kappa shape index (κ3) is 3.19. The molecule has 0 bridgehead atoms. The van der Waals surface area contributed by atoms with Gasteiger partial charge in [-0.1, -0.05) is 37.3 Å². The van der Waals surface area contributed by atoms with Crippen LogP contribution in [0.3, 0.4) is 0 Å². The lowest BCUT2D eigenvalue weighted by molar-refractivity contribution is 0.313. The van der Waals surface area contributed by atoms with Crippen molar-refractivity contribution < 1.29 is 9.13 Å². The Kier molecular flexibility index (Phi) is 5.15. The van der Waals surface area contributed by atoms with Gasteiger partial charge in [-0.2, -0.15) is 0 Å². The molecule has 1 unspecified atom stereocenters. The molecular formula is C16H17BrFNO. The Hall–Kier alpha value is -1.39. The molecule has 0 aliphatic heterocycles. The van der Waals surface area contributed by atoms with Crippen LogP contribution in [0, 0.1) is 5.82 Å². The quantitative estimate of drug-likeness (QED) is 0.876. The summed E-state index contributed by atoms with van der Waals surface area (Å²) >= 11 is 3.19. The Balaban J connectivity index is 2.38. The van der Waals surface area contributed by atoms with E-state index in [0.29, 0.717) is 22.4 Å². The number of hydrogen-bond acceptors (Lipinski definition) is 2. The van der Waals surface area contributed by atoms with Crippen LogP contribution in [-0.2, 0) is 0 Å². The molecule has 0 saturated heterocycles. The van der Waals surface area contributed by atoms with Crippen LogP contribution < -0.4 is 10.5 Å². The highest BCUT2D eigenvalue weighted by molar-refractivity contribution is 9.10. The largest absolute Gasteiger partial charge is 0.493 e. The zero-order chi connectivity index (χ0) is 14.5. The van der Waals surface area contributed by atoms with Gasteiger partial charge in [-0.3, -0.25) is 0 Å². The number of para-hydroxylation sites is 1. The van der Waals surface area contributed by atoms with E-state index in [1.54, 1.807) is 18.2 Å². The lowest BCUT2D eigenvalue weighted by atomic mass is 9.98. The number of halogens is 2. The van der Waals surface area contributed by atoms with Gasteiger partial charge in [0.05, 0.1) is 17.1 Å². The van der Waals surface area contributed by atoms with E-state index < -0.39 is 6.04 Å². The van der Waals surface area contributed by atoms with Crippen molar-refractivity contribution in [1.29, 1.82) is 0 Å². The highest BCUT2D eigenvalue weighted by atomic mass is 79.9. The van der Waals surface area contributed by atoms with Crippen LogP contribution in [-0.4, -0.2) is 6.61 Å². The predicted octanol–water partition coefficient (Wildman–Crippen LogP) is 4.43. The molecule has 0 fully saturated rings. The number of rotatable bonds is 5. The van der Waals surface area contributed by atoms with E-state index >= 15 is 0 Å². The lowest BCUT2D eigenvalue weighted by Gasteiger charge is -2.18. The Morgan fingerprint density at radius 1 is 1.15 bits per heavy atom. The molecule has 0 heterocycles. The molecule has 1 atom stereocenters. The van der Waals surface area contributed by atoms with Crippen molar-refractivity contribution in [3.8, 4) is 5.75 Å². The van der Waals surface area contributed by atoms with E-state index in [2.05, 4.69) is 15.9 Å². The summed E-state index contributed by atoms with van der Waals surface area (Å²) in [4.78, 5) is 0. The number of benzene rings is 2. The standard InChI is InChI=1S/C16H17BrFNO/c1-2-10-20-14-9-4-3-6-11(14)16(19)12-7-5-8-13(17)15(12)18/h3-9,16H,2,10,19H2,1H3. The first-order chi connectivity index (χ1) is 9.65. The van der Waals surface area contributed by atoms with Gasteiger partial charge >= 0.3 is 0 Å². The second kappa shape index (κ2) is 6.86. The van der Waals surface area contributed by atoms with Crippen LogP contribution in [0.4, 0.5) is 4.39 Å². The second-order valence-electron chi connectivity index (χ2n) is 4.51. The highest BCUT2D eigenvalue weighted by Gasteiger charge is 2.18. The number of nitrogens with two attached hydrogens (primary N) is 1. The molecule has 106 valence electrons. The van der Waals surface area contributed by atoms with Gasteiger partial charge in [0, 0.05) is 11.1 Å². The summed E-state index contributed by atoms with van der Waals surface area (Å²) in [5, 5.41) is 0. The summed E-state index contributed by atoms with van der Waals surface area (Å²) in [5.74, 6) is 0.381. The molecule has 0 saturated carbocycles. The van der Waals surface area contributed by atoms with Crippen molar-refractivity contribution in [3.05, 3.63) is 63.9 Å². The zero-order valence-electron chi connectivity index (χ0n) is 11.3. The first kappa shape index (κ1) is 15.0. The fourth-order valence-corrected chi connectivity index (χ4v) is 2.39. The van der Waals surface area contributed by atoms with Crippen LogP contribution in [0.1, 0.15) is 30.5 Å². The molecule has 20 heavy (non-hydrogen) atoms. The van der Waals surface area contributed by atoms with E-state index in [0.717, 1.165) is 12.0 Å². The number of hydrogen-bond donors (Lipinski definition) is 1. The monoisotopic (exact) mass is 337 g/mol. The molecular weight excluding hydrogens is 321 g/mol. The van der Waals surface area contributed by atoms with Crippen molar-refractivity contribution in [2.24, 2.45) is 5.73 Å². The predicted molar refractivity (Wildman–Crippen MR) is 82.4 cm³/mol. The zero-order valence-corrected chi connectivity index (χ0v) is 12.9. The Bertz CT molecular complexity index is 588. The van der Waals surface area contributed by atoms with Gasteiger partial charge in [-0.05, 0) is 34.5 Å². The van der Waals surface area contributed by atoms with Crippen molar-refractivity contribution in [3.63, 3.8) is 0 Å². The first-order valence-electron chi connectivity index (χ1n) is 6.56. The van der Waals surface area contributed by atoms with Gasteiger partial charge < -0.3 is 10.5 Å². The average molecular weight is 338 g/mol. The van der Waals surface area contributed by atoms with Crippen LogP contribution in [0.25, 0.3) is 0 Å². The average Bonchev–Trinajstić information content (AvgIpc) is 2.47. The summed E-state index contributed by atoms with van der Waals surface area (Å²) < 4.78 is 20.3. The molecule has 2 aromatic carbocycles. The lowest BCUT2D eigenvalue weighted by Crippen LogP contribution is -2.15. The Labute approximate surface area is 126 Å². The Morgan fingerprint density at radius 2 is 1.85 bits per heavy atom. The highest BCUT2D eigenvalue weighted by Crippen LogP contribution is 2.31. The number of ether oxygens (including phenoxy) is 1. The molecule has 0 aliphatic carbocycles. The van der Waals surface area contributed by atoms with Crippen molar-refractivity contribution >= 4 is 15.9 Å². The molecule has 0 spiro atoms. The second-order valence-corrected chi connectivity index (χ2v) is 5.36. The molecule has 2 rings (SSSR count). The fourth-order valence-electron chi connectivity index (χ4n) is 2.01. The van der Waals surface area contributed by atoms with Crippen LogP contribution >= 0.6 is 15.9 Å². The van der Waals surface area contributed by atoms with E-state index in [-0.39, 0.29) is 5.82 Å². The van der Waals surface area contributed by atoms with Gasteiger partial charge in [-0.15, -0.1) is 0 Å². The van der Waals surface area contributed by atoms with Crippen LogP contribution in [0.2, 0.25) is 0 Å². The fraction of sp³-hybridized carbons (Fsp3) is 0.250. The maximum absolute atomic E-state index is 14.2. The third-order valence-corrected chi connectivity index (χ3v) is 3.64. The minimum Gasteiger partial charge on any atom is -0.493 e. The molecule has 2 nitrogen and oxygen atoms in total. The van der Waals surface area contributed by atoms with Crippen LogP contribution in [0.15, 0.2) is 46.9 Å². The van der Waals surface area contributed by atoms with Gasteiger partial charge in [0.25, 0.3) is 0 Å². The van der Waals surface area contributed by atoms with Gasteiger partial charge in [0.2, 0.25) is 0 Å². The molecule has 2 N–H and O–H groups in total. The smallest absolute Gasteiger partial charge is 0.142 e. The Morgan fingerprint density at radius 3 is 2.60 bits per heavy atom.